The van der Waals surface area contributed by atoms with Gasteiger partial charge in [-0.25, -0.2) is 4.79 Å². The SMILES string of the molecule is CCC1(C)CC(OC(=O)c2ccccc2)C(C)C(C)(CC)N1. The predicted molar refractivity (Wildman–Crippen MR) is 90.0 cm³/mol. The molecule has 0 saturated carbocycles. The van der Waals surface area contributed by atoms with Gasteiger partial charge in [0, 0.05) is 23.4 Å². The van der Waals surface area contributed by atoms with Gasteiger partial charge in [-0.05, 0) is 38.8 Å². The number of nitrogens with one attached hydrogen (secondary N) is 1. The molecule has 0 amide bonds. The van der Waals surface area contributed by atoms with Gasteiger partial charge < -0.3 is 10.1 Å². The van der Waals surface area contributed by atoms with E-state index < -0.39 is 0 Å². The van der Waals surface area contributed by atoms with Gasteiger partial charge in [-0.1, -0.05) is 39.0 Å². The molecule has 3 heteroatoms. The minimum Gasteiger partial charge on any atom is -0.458 e. The zero-order valence-corrected chi connectivity index (χ0v) is 14.5. The number of carbonyl (C=O) groups is 1. The lowest BCUT2D eigenvalue weighted by molar-refractivity contribution is -0.0484. The Balaban J connectivity index is 2.19. The van der Waals surface area contributed by atoms with Crippen molar-refractivity contribution in [1.29, 1.82) is 0 Å². The fourth-order valence-corrected chi connectivity index (χ4v) is 3.45. The first kappa shape index (κ1) is 17.0. The molecule has 1 aliphatic rings. The Kier molecular flexibility index (Phi) is 4.96. The highest BCUT2D eigenvalue weighted by molar-refractivity contribution is 5.89. The van der Waals surface area contributed by atoms with Crippen LogP contribution in [-0.2, 0) is 4.74 Å². The molecular weight excluding hydrogens is 274 g/mol. The fourth-order valence-electron chi connectivity index (χ4n) is 3.45. The summed E-state index contributed by atoms with van der Waals surface area (Å²) in [6, 6.07) is 9.27. The standard InChI is InChI=1S/C19H29NO2/c1-6-18(4)13-16(14(3)19(5,7-2)20-18)22-17(21)15-11-9-8-10-12-15/h8-12,14,16,20H,6-7,13H2,1-5H3. The Morgan fingerprint density at radius 2 is 1.86 bits per heavy atom. The Labute approximate surface area is 134 Å². The van der Waals surface area contributed by atoms with Crippen molar-refractivity contribution in [2.45, 2.75) is 71.1 Å². The number of esters is 1. The van der Waals surface area contributed by atoms with Crippen LogP contribution in [0.1, 0.15) is 64.2 Å². The van der Waals surface area contributed by atoms with Crippen LogP contribution >= 0.6 is 0 Å². The van der Waals surface area contributed by atoms with Crippen LogP contribution < -0.4 is 5.32 Å². The summed E-state index contributed by atoms with van der Waals surface area (Å²) in [6.07, 6.45) is 2.85. The van der Waals surface area contributed by atoms with Crippen LogP contribution in [0.25, 0.3) is 0 Å². The summed E-state index contributed by atoms with van der Waals surface area (Å²) in [5, 5.41) is 3.81. The van der Waals surface area contributed by atoms with Crippen molar-refractivity contribution in [3.8, 4) is 0 Å². The van der Waals surface area contributed by atoms with Crippen molar-refractivity contribution in [1.82, 2.24) is 5.32 Å². The average molecular weight is 303 g/mol. The van der Waals surface area contributed by atoms with Crippen LogP contribution in [0.3, 0.4) is 0 Å². The minimum atomic E-state index is -0.212. The average Bonchev–Trinajstić information content (AvgIpc) is 2.53. The normalized spacial score (nSPS) is 35.1. The second-order valence-corrected chi connectivity index (χ2v) is 7.11. The Hall–Kier alpha value is -1.35. The molecule has 1 saturated heterocycles. The van der Waals surface area contributed by atoms with Crippen molar-refractivity contribution in [3.63, 3.8) is 0 Å². The molecule has 3 nitrogen and oxygen atoms in total. The summed E-state index contributed by atoms with van der Waals surface area (Å²) in [5.74, 6) is 0.0704. The maximum atomic E-state index is 12.4. The quantitative estimate of drug-likeness (QED) is 0.848. The second kappa shape index (κ2) is 6.41. The van der Waals surface area contributed by atoms with Crippen LogP contribution in [-0.4, -0.2) is 23.2 Å². The van der Waals surface area contributed by atoms with Crippen LogP contribution in [0.15, 0.2) is 30.3 Å². The molecule has 0 bridgehead atoms. The number of ether oxygens (including phenoxy) is 1. The van der Waals surface area contributed by atoms with Crippen molar-refractivity contribution in [3.05, 3.63) is 35.9 Å². The summed E-state index contributed by atoms with van der Waals surface area (Å²) in [7, 11) is 0. The number of benzene rings is 1. The summed E-state index contributed by atoms with van der Waals surface area (Å²) < 4.78 is 5.91. The highest BCUT2D eigenvalue weighted by atomic mass is 16.5. The van der Waals surface area contributed by atoms with E-state index in [9.17, 15) is 4.79 Å². The molecule has 4 unspecified atom stereocenters. The largest absolute Gasteiger partial charge is 0.458 e. The highest BCUT2D eigenvalue weighted by Crippen LogP contribution is 2.39. The molecule has 1 aromatic carbocycles. The highest BCUT2D eigenvalue weighted by Gasteiger charge is 2.47. The van der Waals surface area contributed by atoms with E-state index in [1.54, 1.807) is 0 Å². The van der Waals surface area contributed by atoms with Gasteiger partial charge in [0.2, 0.25) is 0 Å². The second-order valence-electron chi connectivity index (χ2n) is 7.11. The van der Waals surface area contributed by atoms with Gasteiger partial charge in [0.15, 0.2) is 0 Å². The molecule has 1 fully saturated rings. The van der Waals surface area contributed by atoms with E-state index in [1.807, 2.05) is 30.3 Å². The van der Waals surface area contributed by atoms with E-state index in [4.69, 9.17) is 4.74 Å². The third kappa shape index (κ3) is 3.35. The summed E-state index contributed by atoms with van der Waals surface area (Å²) in [6.45, 7) is 11.1. The first-order valence-electron chi connectivity index (χ1n) is 8.39. The lowest BCUT2D eigenvalue weighted by Gasteiger charge is -2.52. The van der Waals surface area contributed by atoms with Crippen molar-refractivity contribution in [2.24, 2.45) is 5.92 Å². The summed E-state index contributed by atoms with van der Waals surface area (Å²) in [4.78, 5) is 12.4. The minimum absolute atomic E-state index is 0.00928. The van der Waals surface area contributed by atoms with Crippen molar-refractivity contribution in [2.75, 3.05) is 0 Å². The van der Waals surface area contributed by atoms with Crippen molar-refractivity contribution < 1.29 is 9.53 Å². The first-order valence-corrected chi connectivity index (χ1v) is 8.39. The molecule has 1 heterocycles. The van der Waals surface area contributed by atoms with Gasteiger partial charge in [0.1, 0.15) is 6.10 Å². The number of piperidine rings is 1. The molecular formula is C19H29NO2. The van der Waals surface area contributed by atoms with Gasteiger partial charge >= 0.3 is 5.97 Å². The number of carbonyl (C=O) groups excluding carboxylic acids is 1. The molecule has 0 aromatic heterocycles. The van der Waals surface area contributed by atoms with Crippen LogP contribution in [0.2, 0.25) is 0 Å². The van der Waals surface area contributed by atoms with Gasteiger partial charge in [0.05, 0.1) is 5.56 Å². The van der Waals surface area contributed by atoms with E-state index in [2.05, 4.69) is 39.9 Å². The Morgan fingerprint density at radius 3 is 2.41 bits per heavy atom. The number of hydrogen-bond acceptors (Lipinski definition) is 3. The molecule has 2 rings (SSSR count). The maximum absolute atomic E-state index is 12.4. The lowest BCUT2D eigenvalue weighted by atomic mass is 9.70. The number of rotatable bonds is 4. The Morgan fingerprint density at radius 1 is 1.23 bits per heavy atom. The molecule has 0 spiro atoms. The topological polar surface area (TPSA) is 38.3 Å². The van der Waals surface area contributed by atoms with Crippen LogP contribution in [0, 0.1) is 5.92 Å². The lowest BCUT2D eigenvalue weighted by Crippen LogP contribution is -2.66. The van der Waals surface area contributed by atoms with Gasteiger partial charge in [0.25, 0.3) is 0 Å². The molecule has 1 aromatic rings. The smallest absolute Gasteiger partial charge is 0.338 e. The van der Waals surface area contributed by atoms with Crippen LogP contribution in [0.5, 0.6) is 0 Å². The zero-order chi connectivity index (χ0) is 16.4. The third-order valence-electron chi connectivity index (χ3n) is 5.58. The summed E-state index contributed by atoms with van der Waals surface area (Å²) >= 11 is 0. The third-order valence-corrected chi connectivity index (χ3v) is 5.58. The molecule has 122 valence electrons. The van der Waals surface area contributed by atoms with E-state index in [1.165, 1.54) is 0 Å². The van der Waals surface area contributed by atoms with E-state index in [0.29, 0.717) is 5.56 Å². The van der Waals surface area contributed by atoms with E-state index in [0.717, 1.165) is 19.3 Å². The Bertz CT molecular complexity index is 515. The predicted octanol–water partition coefficient (Wildman–Crippen LogP) is 4.18. The number of hydrogen-bond donors (Lipinski definition) is 1. The molecule has 22 heavy (non-hydrogen) atoms. The summed E-state index contributed by atoms with van der Waals surface area (Å²) in [5.41, 5.74) is 0.633. The van der Waals surface area contributed by atoms with E-state index >= 15 is 0 Å². The van der Waals surface area contributed by atoms with Crippen LogP contribution in [0.4, 0.5) is 0 Å². The van der Waals surface area contributed by atoms with Gasteiger partial charge in [-0.2, -0.15) is 0 Å². The molecule has 1 aliphatic heterocycles. The molecule has 4 atom stereocenters. The molecule has 0 aliphatic carbocycles. The monoisotopic (exact) mass is 303 g/mol. The van der Waals surface area contributed by atoms with Crippen molar-refractivity contribution >= 4 is 5.97 Å². The fraction of sp³-hybridized carbons (Fsp3) is 0.632. The zero-order valence-electron chi connectivity index (χ0n) is 14.5. The molecule has 0 radical (unpaired) electrons. The van der Waals surface area contributed by atoms with Gasteiger partial charge in [-0.15, -0.1) is 0 Å². The maximum Gasteiger partial charge on any atom is 0.338 e. The van der Waals surface area contributed by atoms with Gasteiger partial charge in [-0.3, -0.25) is 0 Å². The first-order chi connectivity index (χ1) is 10.3. The van der Waals surface area contributed by atoms with E-state index in [-0.39, 0.29) is 29.1 Å². The molecule has 1 N–H and O–H groups in total.